The number of hydrogen-bond acceptors (Lipinski definition) is 1. The highest BCUT2D eigenvalue weighted by Gasteiger charge is 2.24. The topological polar surface area (TPSA) is 17.1 Å². The molecule has 1 nitrogen and oxygen atoms in total. The molecule has 0 aliphatic heterocycles. The molecule has 16 heavy (non-hydrogen) atoms. The predicted octanol–water partition coefficient (Wildman–Crippen LogP) is 2.74. The minimum absolute atomic E-state index is 0.362. The SMILES string of the molecule is O=[P+](c1cccc(F)c1)c1cccc(F)c1. The van der Waals surface area contributed by atoms with Crippen molar-refractivity contribution in [3.63, 3.8) is 0 Å². The van der Waals surface area contributed by atoms with E-state index in [1.165, 1.54) is 36.4 Å². The standard InChI is InChI=1S/C12H8F2OP/c13-9-3-1-5-11(7-9)16(15)12-6-2-4-10(14)8-12/h1-8H/q+1. The van der Waals surface area contributed by atoms with Crippen LogP contribution in [0.1, 0.15) is 0 Å². The Balaban J connectivity index is 2.39. The molecule has 0 bridgehead atoms. The van der Waals surface area contributed by atoms with Crippen LogP contribution >= 0.6 is 7.80 Å². The molecule has 0 unspecified atom stereocenters. The zero-order valence-electron chi connectivity index (χ0n) is 8.23. The normalized spacial score (nSPS) is 10.1. The lowest BCUT2D eigenvalue weighted by atomic mass is 10.3. The fourth-order valence-electron chi connectivity index (χ4n) is 1.35. The fourth-order valence-corrected chi connectivity index (χ4v) is 2.58. The second-order valence-corrected chi connectivity index (χ2v) is 4.88. The first-order valence-electron chi connectivity index (χ1n) is 4.65. The van der Waals surface area contributed by atoms with E-state index in [4.69, 9.17) is 0 Å². The van der Waals surface area contributed by atoms with E-state index < -0.39 is 19.4 Å². The van der Waals surface area contributed by atoms with E-state index in [1.54, 1.807) is 12.1 Å². The van der Waals surface area contributed by atoms with Crippen molar-refractivity contribution in [3.05, 3.63) is 60.2 Å². The summed E-state index contributed by atoms with van der Waals surface area (Å²) >= 11 is 0. The summed E-state index contributed by atoms with van der Waals surface area (Å²) in [5, 5.41) is 0.723. The molecule has 0 saturated heterocycles. The van der Waals surface area contributed by atoms with Gasteiger partial charge in [0.25, 0.3) is 0 Å². The largest absolute Gasteiger partial charge is 0.415 e. The van der Waals surface area contributed by atoms with E-state index >= 15 is 0 Å². The molecule has 2 aromatic carbocycles. The van der Waals surface area contributed by atoms with E-state index in [2.05, 4.69) is 0 Å². The van der Waals surface area contributed by atoms with Crippen LogP contribution in [0, 0.1) is 11.6 Å². The predicted molar refractivity (Wildman–Crippen MR) is 59.7 cm³/mol. The zero-order chi connectivity index (χ0) is 11.5. The monoisotopic (exact) mass is 237 g/mol. The smallest absolute Gasteiger partial charge is 0.207 e. The lowest BCUT2D eigenvalue weighted by Gasteiger charge is -1.90. The van der Waals surface area contributed by atoms with Crippen LogP contribution in [-0.4, -0.2) is 0 Å². The Hall–Kier alpha value is -1.60. The molecule has 0 aromatic heterocycles. The van der Waals surface area contributed by atoms with E-state index in [1.807, 2.05) is 0 Å². The summed E-state index contributed by atoms with van der Waals surface area (Å²) < 4.78 is 37.8. The van der Waals surface area contributed by atoms with Gasteiger partial charge in [-0.2, -0.15) is 0 Å². The lowest BCUT2D eigenvalue weighted by molar-refractivity contribution is 0.596. The highest BCUT2D eigenvalue weighted by atomic mass is 31.1. The van der Waals surface area contributed by atoms with Gasteiger partial charge in [-0.15, -0.1) is 0 Å². The molecule has 0 N–H and O–H groups in total. The molecule has 0 heterocycles. The van der Waals surface area contributed by atoms with Gasteiger partial charge < -0.3 is 0 Å². The lowest BCUT2D eigenvalue weighted by Crippen LogP contribution is -2.07. The Morgan fingerprint density at radius 1 is 0.812 bits per heavy atom. The molecule has 0 radical (unpaired) electrons. The summed E-state index contributed by atoms with van der Waals surface area (Å²) in [5.74, 6) is -0.894. The van der Waals surface area contributed by atoms with Gasteiger partial charge in [0.2, 0.25) is 0 Å². The van der Waals surface area contributed by atoms with Gasteiger partial charge in [-0.25, -0.2) is 8.78 Å². The average molecular weight is 237 g/mol. The Kier molecular flexibility index (Phi) is 3.07. The molecular formula is C12H8F2OP+. The van der Waals surface area contributed by atoms with E-state index in [-0.39, 0.29) is 0 Å². The van der Waals surface area contributed by atoms with Gasteiger partial charge >= 0.3 is 7.80 Å². The van der Waals surface area contributed by atoms with Gasteiger partial charge in [0.1, 0.15) is 11.6 Å². The van der Waals surface area contributed by atoms with Gasteiger partial charge in [-0.3, -0.25) is 0 Å². The summed E-state index contributed by atoms with van der Waals surface area (Å²) in [6.45, 7) is 0. The Bertz CT molecular complexity index is 493. The van der Waals surface area contributed by atoms with Crippen LogP contribution in [0.2, 0.25) is 0 Å². The van der Waals surface area contributed by atoms with E-state index in [0.29, 0.717) is 10.6 Å². The summed E-state index contributed by atoms with van der Waals surface area (Å²) in [4.78, 5) is 0. The van der Waals surface area contributed by atoms with Crippen molar-refractivity contribution >= 4 is 18.4 Å². The van der Waals surface area contributed by atoms with Crippen LogP contribution in [0.25, 0.3) is 0 Å². The molecule has 0 fully saturated rings. The quantitative estimate of drug-likeness (QED) is 0.734. The van der Waals surface area contributed by atoms with Gasteiger partial charge in [-0.1, -0.05) is 16.7 Å². The molecule has 0 spiro atoms. The molecule has 0 saturated carbocycles. The first-order chi connectivity index (χ1) is 7.66. The summed E-state index contributed by atoms with van der Waals surface area (Å²) in [6, 6.07) is 11.0. The summed E-state index contributed by atoms with van der Waals surface area (Å²) in [7, 11) is -1.93. The van der Waals surface area contributed by atoms with Crippen LogP contribution in [0.15, 0.2) is 48.5 Å². The van der Waals surface area contributed by atoms with Crippen LogP contribution < -0.4 is 10.6 Å². The van der Waals surface area contributed by atoms with Crippen LogP contribution in [0.5, 0.6) is 0 Å². The highest BCUT2D eigenvalue weighted by Crippen LogP contribution is 2.19. The van der Waals surface area contributed by atoms with Gasteiger partial charge in [0.05, 0.1) is 0 Å². The molecule has 2 rings (SSSR count). The van der Waals surface area contributed by atoms with Crippen molar-refractivity contribution in [2.75, 3.05) is 0 Å². The minimum atomic E-state index is -1.93. The number of halogens is 2. The average Bonchev–Trinajstić information content (AvgIpc) is 2.28. The van der Waals surface area contributed by atoms with Crippen molar-refractivity contribution in [1.29, 1.82) is 0 Å². The molecule has 0 aliphatic rings. The second-order valence-electron chi connectivity index (χ2n) is 3.25. The third-order valence-corrected chi connectivity index (χ3v) is 3.58. The Labute approximate surface area is 92.5 Å². The van der Waals surface area contributed by atoms with Crippen LogP contribution in [0.4, 0.5) is 8.78 Å². The first kappa shape index (κ1) is 10.9. The third kappa shape index (κ3) is 2.31. The molecule has 4 heteroatoms. The first-order valence-corrected chi connectivity index (χ1v) is 5.91. The van der Waals surface area contributed by atoms with E-state index in [0.717, 1.165) is 0 Å². The minimum Gasteiger partial charge on any atom is -0.207 e. The number of rotatable bonds is 2. The summed E-state index contributed by atoms with van der Waals surface area (Å²) in [5.41, 5.74) is 0. The molecule has 2 aromatic rings. The number of benzene rings is 2. The maximum Gasteiger partial charge on any atom is 0.415 e. The maximum absolute atomic E-state index is 12.9. The maximum atomic E-state index is 12.9. The fraction of sp³-hybridized carbons (Fsp3) is 0. The van der Waals surface area contributed by atoms with E-state index in [9.17, 15) is 13.3 Å². The van der Waals surface area contributed by atoms with Crippen molar-refractivity contribution in [2.45, 2.75) is 0 Å². The van der Waals surface area contributed by atoms with Crippen molar-refractivity contribution in [2.24, 2.45) is 0 Å². The van der Waals surface area contributed by atoms with Crippen LogP contribution in [0.3, 0.4) is 0 Å². The second kappa shape index (κ2) is 4.50. The molecular weight excluding hydrogens is 229 g/mol. The van der Waals surface area contributed by atoms with Gasteiger partial charge in [0.15, 0.2) is 10.6 Å². The van der Waals surface area contributed by atoms with Gasteiger partial charge in [-0.05, 0) is 24.3 Å². The van der Waals surface area contributed by atoms with Crippen molar-refractivity contribution in [1.82, 2.24) is 0 Å². The third-order valence-electron chi connectivity index (χ3n) is 2.09. The molecule has 0 amide bonds. The molecule has 0 atom stereocenters. The highest BCUT2D eigenvalue weighted by molar-refractivity contribution is 7.61. The van der Waals surface area contributed by atoms with Gasteiger partial charge in [0, 0.05) is 12.1 Å². The summed E-state index contributed by atoms with van der Waals surface area (Å²) in [6.07, 6.45) is 0. The molecule has 0 aliphatic carbocycles. The van der Waals surface area contributed by atoms with Crippen LogP contribution in [-0.2, 0) is 4.57 Å². The zero-order valence-corrected chi connectivity index (χ0v) is 9.12. The molecule has 80 valence electrons. The Morgan fingerprint density at radius 3 is 1.62 bits per heavy atom. The Morgan fingerprint density at radius 2 is 1.25 bits per heavy atom. The van der Waals surface area contributed by atoms with Crippen molar-refractivity contribution < 1.29 is 13.3 Å². The van der Waals surface area contributed by atoms with Crippen molar-refractivity contribution in [3.8, 4) is 0 Å². The number of hydrogen-bond donors (Lipinski definition) is 0.